The Balaban J connectivity index is 2.27. The van der Waals surface area contributed by atoms with Crippen molar-refractivity contribution in [3.05, 3.63) is 33.4 Å². The van der Waals surface area contributed by atoms with Gasteiger partial charge in [-0.1, -0.05) is 25.5 Å². The van der Waals surface area contributed by atoms with Crippen molar-refractivity contribution < 1.29 is 9.59 Å². The molecule has 0 saturated carbocycles. The van der Waals surface area contributed by atoms with E-state index >= 15 is 0 Å². The minimum Gasteiger partial charge on any atom is -0.340 e. The third-order valence-corrected chi connectivity index (χ3v) is 4.46. The van der Waals surface area contributed by atoms with E-state index in [0.29, 0.717) is 13.0 Å². The highest BCUT2D eigenvalue weighted by Gasteiger charge is 2.44. The van der Waals surface area contributed by atoms with Crippen molar-refractivity contribution >= 4 is 34.4 Å². The predicted octanol–water partition coefficient (Wildman–Crippen LogP) is 2.70. The zero-order valence-electron chi connectivity index (χ0n) is 12.6. The van der Waals surface area contributed by atoms with Crippen molar-refractivity contribution in [3.63, 3.8) is 0 Å². The maximum atomic E-state index is 12.7. The highest BCUT2D eigenvalue weighted by atomic mass is 127. The molecule has 4 nitrogen and oxygen atoms in total. The lowest BCUT2D eigenvalue weighted by molar-refractivity contribution is -0.154. The van der Waals surface area contributed by atoms with Crippen molar-refractivity contribution in [2.75, 3.05) is 0 Å². The number of carbonyl (C=O) groups is 2. The van der Waals surface area contributed by atoms with Gasteiger partial charge in [0.2, 0.25) is 11.8 Å². The van der Waals surface area contributed by atoms with E-state index in [1.54, 1.807) is 18.7 Å². The average molecular weight is 400 g/mol. The summed E-state index contributed by atoms with van der Waals surface area (Å²) in [6.07, 6.45) is 1.56. The van der Waals surface area contributed by atoms with E-state index in [1.807, 2.05) is 31.2 Å². The minimum absolute atomic E-state index is 0.0147. The van der Waals surface area contributed by atoms with E-state index in [9.17, 15) is 9.59 Å². The van der Waals surface area contributed by atoms with E-state index in [2.05, 4.69) is 27.9 Å². The Morgan fingerprint density at radius 3 is 2.43 bits per heavy atom. The van der Waals surface area contributed by atoms with Gasteiger partial charge in [0.05, 0.1) is 0 Å². The molecule has 0 aliphatic carbocycles. The minimum atomic E-state index is -0.829. The molecule has 21 heavy (non-hydrogen) atoms. The molecule has 1 saturated heterocycles. The van der Waals surface area contributed by atoms with Gasteiger partial charge < -0.3 is 10.2 Å². The monoisotopic (exact) mass is 400 g/mol. The van der Waals surface area contributed by atoms with Gasteiger partial charge in [0.15, 0.2) is 0 Å². The van der Waals surface area contributed by atoms with Gasteiger partial charge in [-0.25, -0.2) is 0 Å². The largest absolute Gasteiger partial charge is 0.340 e. The first-order valence-corrected chi connectivity index (χ1v) is 8.30. The van der Waals surface area contributed by atoms with E-state index in [-0.39, 0.29) is 17.9 Å². The molecule has 1 aromatic rings. The van der Waals surface area contributed by atoms with Gasteiger partial charge in [-0.15, -0.1) is 0 Å². The molecule has 1 unspecified atom stereocenters. The number of halogens is 1. The maximum Gasteiger partial charge on any atom is 0.248 e. The van der Waals surface area contributed by atoms with Crippen molar-refractivity contribution in [1.29, 1.82) is 0 Å². The fourth-order valence-electron chi connectivity index (χ4n) is 2.62. The SMILES string of the molecule is CCCC1C(=O)NC(C)(C)C(=O)N1Cc1ccc(I)cc1. The zero-order valence-corrected chi connectivity index (χ0v) is 14.8. The van der Waals surface area contributed by atoms with Crippen LogP contribution in [0.15, 0.2) is 24.3 Å². The standard InChI is InChI=1S/C16H21IN2O2/c1-4-5-13-14(20)18-16(2,3)15(21)19(13)10-11-6-8-12(17)9-7-11/h6-9,13H,4-5,10H2,1-3H3,(H,18,20). The van der Waals surface area contributed by atoms with Gasteiger partial charge in [-0.05, 0) is 60.6 Å². The van der Waals surface area contributed by atoms with Crippen LogP contribution in [0.2, 0.25) is 0 Å². The van der Waals surface area contributed by atoms with Crippen molar-refractivity contribution in [2.45, 2.75) is 51.7 Å². The van der Waals surface area contributed by atoms with Crippen LogP contribution in [0.5, 0.6) is 0 Å². The Hall–Kier alpha value is -1.11. The molecule has 1 aliphatic rings. The second-order valence-electron chi connectivity index (χ2n) is 5.98. The number of carbonyl (C=O) groups excluding carboxylic acids is 2. The molecule has 1 aromatic carbocycles. The molecule has 0 spiro atoms. The van der Waals surface area contributed by atoms with Gasteiger partial charge in [-0.2, -0.15) is 0 Å². The Kier molecular flexibility index (Phi) is 4.91. The fraction of sp³-hybridized carbons (Fsp3) is 0.500. The number of amides is 2. The number of rotatable bonds is 4. The molecule has 0 radical (unpaired) electrons. The van der Waals surface area contributed by atoms with Crippen LogP contribution in [-0.4, -0.2) is 28.3 Å². The molecular formula is C16H21IN2O2. The van der Waals surface area contributed by atoms with E-state index in [4.69, 9.17) is 0 Å². The molecule has 2 amide bonds. The normalized spacial score (nSPS) is 21.3. The number of benzene rings is 1. The summed E-state index contributed by atoms with van der Waals surface area (Å²) in [6, 6.07) is 7.69. The molecule has 1 fully saturated rings. The van der Waals surface area contributed by atoms with E-state index in [1.165, 1.54) is 0 Å². The highest BCUT2D eigenvalue weighted by molar-refractivity contribution is 14.1. The Morgan fingerprint density at radius 1 is 1.24 bits per heavy atom. The summed E-state index contributed by atoms with van der Waals surface area (Å²) in [4.78, 5) is 26.7. The third kappa shape index (κ3) is 3.56. The van der Waals surface area contributed by atoms with Crippen molar-refractivity contribution in [3.8, 4) is 0 Å². The first-order chi connectivity index (χ1) is 9.85. The van der Waals surface area contributed by atoms with Crippen LogP contribution in [0.25, 0.3) is 0 Å². The van der Waals surface area contributed by atoms with Gasteiger partial charge in [0.25, 0.3) is 0 Å². The summed E-state index contributed by atoms with van der Waals surface area (Å²) in [6.45, 7) is 6.03. The molecule has 0 aromatic heterocycles. The van der Waals surface area contributed by atoms with Crippen molar-refractivity contribution in [1.82, 2.24) is 10.2 Å². The fourth-order valence-corrected chi connectivity index (χ4v) is 2.98. The van der Waals surface area contributed by atoms with Crippen LogP contribution in [-0.2, 0) is 16.1 Å². The van der Waals surface area contributed by atoms with Crippen LogP contribution in [0.1, 0.15) is 39.2 Å². The summed E-state index contributed by atoms with van der Waals surface area (Å²) in [5, 5.41) is 2.83. The first kappa shape index (κ1) is 16.3. The quantitative estimate of drug-likeness (QED) is 0.791. The lowest BCUT2D eigenvalue weighted by Crippen LogP contribution is -2.67. The number of nitrogens with one attached hydrogen (secondary N) is 1. The van der Waals surface area contributed by atoms with Gasteiger partial charge in [-0.3, -0.25) is 9.59 Å². The van der Waals surface area contributed by atoms with Crippen LogP contribution < -0.4 is 5.32 Å². The van der Waals surface area contributed by atoms with Crippen LogP contribution in [0.3, 0.4) is 0 Å². The second kappa shape index (κ2) is 6.34. The van der Waals surface area contributed by atoms with Gasteiger partial charge in [0, 0.05) is 10.1 Å². The maximum absolute atomic E-state index is 12.7. The molecule has 114 valence electrons. The Morgan fingerprint density at radius 2 is 1.86 bits per heavy atom. The first-order valence-electron chi connectivity index (χ1n) is 7.22. The average Bonchev–Trinajstić information content (AvgIpc) is 2.42. The molecule has 0 bridgehead atoms. The second-order valence-corrected chi connectivity index (χ2v) is 7.22. The smallest absolute Gasteiger partial charge is 0.248 e. The molecule has 1 atom stereocenters. The zero-order chi connectivity index (χ0) is 15.6. The van der Waals surface area contributed by atoms with Crippen LogP contribution in [0, 0.1) is 3.57 Å². The summed E-state index contributed by atoms with van der Waals surface area (Å²) in [7, 11) is 0. The van der Waals surface area contributed by atoms with Crippen LogP contribution >= 0.6 is 22.6 Å². The number of piperazine rings is 1. The molecule has 1 aliphatic heterocycles. The topological polar surface area (TPSA) is 49.4 Å². The van der Waals surface area contributed by atoms with E-state index < -0.39 is 5.54 Å². The molecule has 1 N–H and O–H groups in total. The number of nitrogens with zero attached hydrogens (tertiary/aromatic N) is 1. The molecule has 2 rings (SSSR count). The van der Waals surface area contributed by atoms with Crippen LogP contribution in [0.4, 0.5) is 0 Å². The lowest BCUT2D eigenvalue weighted by Gasteiger charge is -2.43. The summed E-state index contributed by atoms with van der Waals surface area (Å²) in [5.74, 6) is -0.0638. The predicted molar refractivity (Wildman–Crippen MR) is 90.6 cm³/mol. The summed E-state index contributed by atoms with van der Waals surface area (Å²) >= 11 is 2.25. The Bertz CT molecular complexity index is 540. The molecule has 5 heteroatoms. The molecule has 1 heterocycles. The van der Waals surface area contributed by atoms with Gasteiger partial charge in [0.1, 0.15) is 11.6 Å². The number of hydrogen-bond acceptors (Lipinski definition) is 2. The molecular weight excluding hydrogens is 379 g/mol. The lowest BCUT2D eigenvalue weighted by atomic mass is 9.94. The highest BCUT2D eigenvalue weighted by Crippen LogP contribution is 2.23. The summed E-state index contributed by atoms with van der Waals surface area (Å²) in [5.41, 5.74) is 0.222. The van der Waals surface area contributed by atoms with Gasteiger partial charge >= 0.3 is 0 Å². The number of hydrogen-bond donors (Lipinski definition) is 1. The Labute approximate surface area is 139 Å². The van der Waals surface area contributed by atoms with E-state index in [0.717, 1.165) is 15.6 Å². The van der Waals surface area contributed by atoms with Crippen molar-refractivity contribution in [2.24, 2.45) is 0 Å². The summed E-state index contributed by atoms with van der Waals surface area (Å²) < 4.78 is 1.16. The third-order valence-electron chi connectivity index (χ3n) is 3.74.